The number of sulfonamides is 1. The van der Waals surface area contributed by atoms with Crippen molar-refractivity contribution in [3.05, 3.63) is 59.2 Å². The van der Waals surface area contributed by atoms with Gasteiger partial charge in [-0.3, -0.25) is 9.10 Å². The Kier molecular flexibility index (Phi) is 8.16. The van der Waals surface area contributed by atoms with Crippen molar-refractivity contribution in [2.75, 3.05) is 22.9 Å². The molecule has 0 unspecified atom stereocenters. The Balaban J connectivity index is 2.08. The summed E-state index contributed by atoms with van der Waals surface area (Å²) in [6, 6.07) is 13.0. The summed E-state index contributed by atoms with van der Waals surface area (Å²) in [6.45, 7) is 8.17. The Morgan fingerprint density at radius 2 is 1.62 bits per heavy atom. The largest absolute Gasteiger partial charge is 0.353 e. The predicted octanol–water partition coefficient (Wildman–Crippen LogP) is 4.06. The van der Waals surface area contributed by atoms with E-state index in [0.717, 1.165) is 22.3 Å². The van der Waals surface area contributed by atoms with Gasteiger partial charge < -0.3 is 5.32 Å². The van der Waals surface area contributed by atoms with Crippen molar-refractivity contribution in [3.8, 4) is 0 Å². The molecule has 0 fully saturated rings. The molecule has 0 bridgehead atoms. The molecule has 0 saturated heterocycles. The maximum absolute atomic E-state index is 12.8. The van der Waals surface area contributed by atoms with Gasteiger partial charge in [-0.05, 0) is 62.6 Å². The molecule has 0 radical (unpaired) electrons. The fraction of sp³-hybridized carbons (Fsp3) is 0.409. The van der Waals surface area contributed by atoms with Gasteiger partial charge in [0.1, 0.15) is 6.04 Å². The van der Waals surface area contributed by atoms with Crippen LogP contribution in [0.15, 0.2) is 47.4 Å². The van der Waals surface area contributed by atoms with E-state index in [1.807, 2.05) is 33.8 Å². The molecule has 0 heterocycles. The molecule has 29 heavy (non-hydrogen) atoms. The molecule has 1 atom stereocenters. The van der Waals surface area contributed by atoms with Gasteiger partial charge in [0.2, 0.25) is 15.9 Å². The molecule has 2 rings (SSSR count). The molecule has 0 aliphatic heterocycles. The van der Waals surface area contributed by atoms with Crippen molar-refractivity contribution in [2.45, 2.75) is 45.1 Å². The van der Waals surface area contributed by atoms with Crippen LogP contribution in [0.25, 0.3) is 0 Å². The van der Waals surface area contributed by atoms with Crippen molar-refractivity contribution in [1.29, 1.82) is 0 Å². The maximum Gasteiger partial charge on any atom is 0.243 e. The van der Waals surface area contributed by atoms with E-state index in [-0.39, 0.29) is 5.91 Å². The van der Waals surface area contributed by atoms with Gasteiger partial charge in [-0.2, -0.15) is 0 Å². The average Bonchev–Trinajstić information content (AvgIpc) is 2.62. The molecule has 0 aromatic heterocycles. The number of carbonyl (C=O) groups is 1. The zero-order valence-electron chi connectivity index (χ0n) is 17.7. The topological polar surface area (TPSA) is 66.5 Å². The highest BCUT2D eigenvalue weighted by atomic mass is 32.2. The minimum absolute atomic E-state index is 0.276. The first kappa shape index (κ1) is 23.3. The smallest absolute Gasteiger partial charge is 0.243 e. The van der Waals surface area contributed by atoms with Gasteiger partial charge in [-0.25, -0.2) is 8.42 Å². The Labute approximate surface area is 178 Å². The summed E-state index contributed by atoms with van der Waals surface area (Å²) in [5.41, 5.74) is 3.65. The third-order valence-electron chi connectivity index (χ3n) is 4.48. The highest BCUT2D eigenvalue weighted by molar-refractivity contribution is 7.99. The molecular weight excluding hydrogens is 404 g/mol. The summed E-state index contributed by atoms with van der Waals surface area (Å²) in [7, 11) is -3.62. The molecule has 0 aliphatic rings. The summed E-state index contributed by atoms with van der Waals surface area (Å²) in [4.78, 5) is 14.0. The van der Waals surface area contributed by atoms with Gasteiger partial charge in [0.15, 0.2) is 0 Å². The van der Waals surface area contributed by atoms with Gasteiger partial charge in [-0.15, -0.1) is 11.8 Å². The first-order valence-corrected chi connectivity index (χ1v) is 12.5. The molecule has 0 aliphatic carbocycles. The van der Waals surface area contributed by atoms with Crippen molar-refractivity contribution >= 4 is 33.4 Å². The summed E-state index contributed by atoms with van der Waals surface area (Å²) in [6.07, 6.45) is 1.53. The van der Waals surface area contributed by atoms with Gasteiger partial charge >= 0.3 is 0 Å². The van der Waals surface area contributed by atoms with Crippen molar-refractivity contribution in [1.82, 2.24) is 5.32 Å². The number of benzene rings is 2. The number of nitrogens with zero attached hydrogens (tertiary/aromatic N) is 1. The van der Waals surface area contributed by atoms with E-state index in [0.29, 0.717) is 24.4 Å². The summed E-state index contributed by atoms with van der Waals surface area (Å²) < 4.78 is 26.3. The number of thioether (sulfide) groups is 1. The lowest BCUT2D eigenvalue weighted by Crippen LogP contribution is -2.49. The molecular formula is C22H30N2O3S2. The van der Waals surface area contributed by atoms with E-state index in [1.165, 1.54) is 9.87 Å². The van der Waals surface area contributed by atoms with Crippen molar-refractivity contribution < 1.29 is 13.2 Å². The molecule has 0 spiro atoms. The van der Waals surface area contributed by atoms with E-state index in [9.17, 15) is 13.2 Å². The monoisotopic (exact) mass is 434 g/mol. The van der Waals surface area contributed by atoms with E-state index in [4.69, 9.17) is 0 Å². The standard InChI is InChI=1S/C22H30N2O3S2/c1-6-21(22(25)23-11-12-28-20-9-7-16(2)8-10-20)24(29(5,26)27)19-14-17(3)13-18(4)15-19/h7-10,13-15,21H,6,11-12H2,1-5H3,(H,23,25)/t21-/m1/s1. The first-order chi connectivity index (χ1) is 13.6. The van der Waals surface area contributed by atoms with E-state index < -0.39 is 16.1 Å². The quantitative estimate of drug-likeness (QED) is 0.477. The predicted molar refractivity (Wildman–Crippen MR) is 122 cm³/mol. The Morgan fingerprint density at radius 3 is 2.14 bits per heavy atom. The second-order valence-corrected chi connectivity index (χ2v) is 10.3. The maximum atomic E-state index is 12.8. The molecule has 2 aromatic rings. The van der Waals surface area contributed by atoms with Crippen LogP contribution in [0.2, 0.25) is 0 Å². The average molecular weight is 435 g/mol. The summed E-state index contributed by atoms with van der Waals surface area (Å²) >= 11 is 1.66. The van der Waals surface area contributed by atoms with E-state index >= 15 is 0 Å². The molecule has 2 aromatic carbocycles. The second kappa shape index (κ2) is 10.2. The number of anilines is 1. The van der Waals surface area contributed by atoms with Crippen LogP contribution >= 0.6 is 11.8 Å². The van der Waals surface area contributed by atoms with E-state index in [2.05, 4.69) is 29.6 Å². The number of amides is 1. The molecule has 158 valence electrons. The third-order valence-corrected chi connectivity index (χ3v) is 6.68. The second-order valence-electron chi connectivity index (χ2n) is 7.28. The summed E-state index contributed by atoms with van der Waals surface area (Å²) in [5.74, 6) is 0.440. The third kappa shape index (κ3) is 6.78. The van der Waals surface area contributed by atoms with Crippen LogP contribution in [0.1, 0.15) is 30.0 Å². The fourth-order valence-electron chi connectivity index (χ4n) is 3.23. The Hall–Kier alpha value is -1.99. The Morgan fingerprint density at radius 1 is 1.03 bits per heavy atom. The van der Waals surface area contributed by atoms with Crippen molar-refractivity contribution in [3.63, 3.8) is 0 Å². The number of nitrogens with one attached hydrogen (secondary N) is 1. The zero-order chi connectivity index (χ0) is 21.6. The summed E-state index contributed by atoms with van der Waals surface area (Å²) in [5, 5.41) is 2.90. The number of hydrogen-bond donors (Lipinski definition) is 1. The van der Waals surface area contributed by atoms with Gasteiger partial charge in [0.05, 0.1) is 11.9 Å². The molecule has 0 saturated carbocycles. The molecule has 1 amide bonds. The van der Waals surface area contributed by atoms with Gasteiger partial charge in [0, 0.05) is 17.2 Å². The molecule has 1 N–H and O–H groups in total. The van der Waals surface area contributed by atoms with Crippen LogP contribution < -0.4 is 9.62 Å². The lowest BCUT2D eigenvalue weighted by Gasteiger charge is -2.30. The number of hydrogen-bond acceptors (Lipinski definition) is 4. The SMILES string of the molecule is CC[C@H](C(=O)NCCSc1ccc(C)cc1)N(c1cc(C)cc(C)c1)S(C)(=O)=O. The lowest BCUT2D eigenvalue weighted by molar-refractivity contribution is -0.122. The number of aryl methyl sites for hydroxylation is 3. The minimum atomic E-state index is -3.62. The minimum Gasteiger partial charge on any atom is -0.353 e. The zero-order valence-corrected chi connectivity index (χ0v) is 19.4. The van der Waals surface area contributed by atoms with Crippen LogP contribution in [0.4, 0.5) is 5.69 Å². The number of rotatable bonds is 9. The first-order valence-electron chi connectivity index (χ1n) is 9.66. The van der Waals surface area contributed by atoms with Crippen LogP contribution in [0.3, 0.4) is 0 Å². The van der Waals surface area contributed by atoms with E-state index in [1.54, 1.807) is 23.9 Å². The van der Waals surface area contributed by atoms with Crippen LogP contribution in [-0.2, 0) is 14.8 Å². The fourth-order valence-corrected chi connectivity index (χ4v) is 5.20. The van der Waals surface area contributed by atoms with Gasteiger partial charge in [-0.1, -0.05) is 30.7 Å². The molecule has 7 heteroatoms. The highest BCUT2D eigenvalue weighted by Crippen LogP contribution is 2.25. The molecule has 5 nitrogen and oxygen atoms in total. The van der Waals surface area contributed by atoms with Crippen LogP contribution in [-0.4, -0.2) is 38.9 Å². The normalized spacial score (nSPS) is 12.4. The lowest BCUT2D eigenvalue weighted by atomic mass is 10.1. The van der Waals surface area contributed by atoms with Crippen molar-refractivity contribution in [2.24, 2.45) is 0 Å². The van der Waals surface area contributed by atoms with Crippen LogP contribution in [0.5, 0.6) is 0 Å². The van der Waals surface area contributed by atoms with Crippen LogP contribution in [0, 0.1) is 20.8 Å². The highest BCUT2D eigenvalue weighted by Gasteiger charge is 2.31. The Bertz CT molecular complexity index is 921. The number of carbonyl (C=O) groups excluding carboxylic acids is 1. The van der Waals surface area contributed by atoms with Gasteiger partial charge in [0.25, 0.3) is 0 Å².